The average molecular weight is 335 g/mol. The zero-order chi connectivity index (χ0) is 17.2. The predicted octanol–water partition coefficient (Wildman–Crippen LogP) is 3.30. The average Bonchev–Trinajstić information content (AvgIpc) is 3.10. The molecule has 0 saturated carbocycles. The van der Waals surface area contributed by atoms with Gasteiger partial charge in [0.25, 0.3) is 0 Å². The summed E-state index contributed by atoms with van der Waals surface area (Å²) in [4.78, 5) is 15.7. The molecule has 1 saturated heterocycles. The number of aryl methyl sites for hydroxylation is 1. The van der Waals surface area contributed by atoms with Crippen LogP contribution in [0.4, 0.5) is 17.2 Å². The number of rotatable bonds is 4. The van der Waals surface area contributed by atoms with Crippen LogP contribution in [-0.2, 0) is 4.74 Å². The van der Waals surface area contributed by atoms with Crippen molar-refractivity contribution in [3.8, 4) is 0 Å². The van der Waals surface area contributed by atoms with Crippen molar-refractivity contribution in [1.29, 1.82) is 0 Å². The molecule has 1 N–H and O–H groups in total. The predicted molar refractivity (Wildman–Crippen MR) is 99.4 cm³/mol. The fraction of sp³-hybridized carbons (Fsp3) is 0.316. The second kappa shape index (κ2) is 6.64. The molecule has 1 atom stereocenters. The van der Waals surface area contributed by atoms with E-state index in [4.69, 9.17) is 9.72 Å². The van der Waals surface area contributed by atoms with Gasteiger partial charge in [-0.2, -0.15) is 0 Å². The Balaban J connectivity index is 1.69. The van der Waals surface area contributed by atoms with E-state index in [9.17, 15) is 0 Å². The second-order valence-electron chi connectivity index (χ2n) is 6.29. The van der Waals surface area contributed by atoms with Crippen LogP contribution in [0.15, 0.2) is 42.7 Å². The maximum absolute atomic E-state index is 5.49. The van der Waals surface area contributed by atoms with E-state index in [2.05, 4.69) is 38.4 Å². The third kappa shape index (κ3) is 3.25. The van der Waals surface area contributed by atoms with Crippen molar-refractivity contribution in [2.24, 2.45) is 0 Å². The van der Waals surface area contributed by atoms with E-state index in [0.717, 1.165) is 53.4 Å². The zero-order valence-electron chi connectivity index (χ0n) is 14.4. The Morgan fingerprint density at radius 2 is 2.12 bits per heavy atom. The van der Waals surface area contributed by atoms with E-state index in [1.54, 1.807) is 19.5 Å². The van der Waals surface area contributed by atoms with Crippen molar-refractivity contribution in [3.05, 3.63) is 48.5 Å². The third-order valence-corrected chi connectivity index (χ3v) is 4.52. The molecule has 6 heteroatoms. The van der Waals surface area contributed by atoms with Gasteiger partial charge in [0.2, 0.25) is 0 Å². The van der Waals surface area contributed by atoms with E-state index < -0.39 is 0 Å². The standard InChI is InChI=1S/C19H21N5O/c1-13-21-18-10-14(23-15-4-3-8-20-11-15)5-6-17(18)19(22-13)24-9-7-16(12-24)25-2/h3-6,8,10-11,16,23H,7,9,12H2,1-2H3/t16-/m0/s1. The first-order chi connectivity index (χ1) is 12.2. The number of methoxy groups -OCH3 is 1. The van der Waals surface area contributed by atoms with Crippen molar-refractivity contribution in [1.82, 2.24) is 15.0 Å². The van der Waals surface area contributed by atoms with Crippen molar-refractivity contribution in [2.75, 3.05) is 30.4 Å². The molecule has 6 nitrogen and oxygen atoms in total. The highest BCUT2D eigenvalue weighted by Gasteiger charge is 2.25. The molecular weight excluding hydrogens is 314 g/mol. The van der Waals surface area contributed by atoms with Crippen molar-refractivity contribution in [3.63, 3.8) is 0 Å². The number of nitrogens with zero attached hydrogens (tertiary/aromatic N) is 4. The lowest BCUT2D eigenvalue weighted by Gasteiger charge is -2.20. The maximum atomic E-state index is 5.49. The summed E-state index contributed by atoms with van der Waals surface area (Å²) in [5.41, 5.74) is 2.88. The van der Waals surface area contributed by atoms with E-state index in [0.29, 0.717) is 0 Å². The first kappa shape index (κ1) is 15.8. The Bertz CT molecular complexity index is 884. The lowest BCUT2D eigenvalue weighted by molar-refractivity contribution is 0.121. The Kier molecular flexibility index (Phi) is 4.19. The number of benzene rings is 1. The monoisotopic (exact) mass is 335 g/mol. The van der Waals surface area contributed by atoms with Gasteiger partial charge in [0.05, 0.1) is 23.5 Å². The van der Waals surface area contributed by atoms with Gasteiger partial charge in [0.15, 0.2) is 0 Å². The van der Waals surface area contributed by atoms with Crippen LogP contribution in [0.25, 0.3) is 10.9 Å². The number of aromatic nitrogens is 3. The minimum absolute atomic E-state index is 0.275. The topological polar surface area (TPSA) is 63.2 Å². The van der Waals surface area contributed by atoms with Crippen LogP contribution in [0.2, 0.25) is 0 Å². The van der Waals surface area contributed by atoms with Gasteiger partial charge in [-0.15, -0.1) is 0 Å². The van der Waals surface area contributed by atoms with Gasteiger partial charge in [0.1, 0.15) is 11.6 Å². The molecule has 0 bridgehead atoms. The first-order valence-electron chi connectivity index (χ1n) is 8.46. The summed E-state index contributed by atoms with van der Waals surface area (Å²) in [7, 11) is 1.77. The molecule has 0 amide bonds. The molecular formula is C19H21N5O. The zero-order valence-corrected chi connectivity index (χ0v) is 14.4. The van der Waals surface area contributed by atoms with Gasteiger partial charge in [-0.25, -0.2) is 9.97 Å². The van der Waals surface area contributed by atoms with Crippen LogP contribution in [0.5, 0.6) is 0 Å². The van der Waals surface area contributed by atoms with Crippen LogP contribution >= 0.6 is 0 Å². The lowest BCUT2D eigenvalue weighted by atomic mass is 10.2. The minimum Gasteiger partial charge on any atom is -0.380 e. The van der Waals surface area contributed by atoms with Gasteiger partial charge < -0.3 is 15.0 Å². The number of pyridine rings is 1. The second-order valence-corrected chi connectivity index (χ2v) is 6.29. The SMILES string of the molecule is CO[C@H]1CCN(c2nc(C)nc3cc(Nc4cccnc4)ccc23)C1. The quantitative estimate of drug-likeness (QED) is 0.789. The summed E-state index contributed by atoms with van der Waals surface area (Å²) in [5.74, 6) is 1.77. The maximum Gasteiger partial charge on any atom is 0.140 e. The minimum atomic E-state index is 0.275. The van der Waals surface area contributed by atoms with Crippen molar-refractivity contribution >= 4 is 28.1 Å². The summed E-state index contributed by atoms with van der Waals surface area (Å²) in [6, 6.07) is 10.1. The van der Waals surface area contributed by atoms with Gasteiger partial charge in [-0.1, -0.05) is 0 Å². The highest BCUT2D eigenvalue weighted by atomic mass is 16.5. The van der Waals surface area contributed by atoms with Gasteiger partial charge in [-0.3, -0.25) is 4.98 Å². The summed E-state index contributed by atoms with van der Waals surface area (Å²) < 4.78 is 5.49. The summed E-state index contributed by atoms with van der Waals surface area (Å²) >= 11 is 0. The molecule has 1 aliphatic rings. The molecule has 1 aromatic carbocycles. The van der Waals surface area contributed by atoms with Crippen molar-refractivity contribution in [2.45, 2.75) is 19.4 Å². The smallest absolute Gasteiger partial charge is 0.140 e. The molecule has 1 fully saturated rings. The van der Waals surface area contributed by atoms with Gasteiger partial charge in [0, 0.05) is 37.5 Å². The van der Waals surface area contributed by atoms with Crippen LogP contribution in [0.1, 0.15) is 12.2 Å². The van der Waals surface area contributed by atoms with Crippen LogP contribution in [-0.4, -0.2) is 41.3 Å². The third-order valence-electron chi connectivity index (χ3n) is 4.52. The van der Waals surface area contributed by atoms with E-state index in [-0.39, 0.29) is 6.10 Å². The molecule has 0 aliphatic carbocycles. The number of nitrogens with one attached hydrogen (secondary N) is 1. The molecule has 128 valence electrons. The van der Waals surface area contributed by atoms with Crippen LogP contribution in [0.3, 0.4) is 0 Å². The Labute approximate surface area is 146 Å². The van der Waals surface area contributed by atoms with E-state index in [1.165, 1.54) is 0 Å². The summed E-state index contributed by atoms with van der Waals surface area (Å²) in [6.45, 7) is 3.77. The van der Waals surface area contributed by atoms with E-state index >= 15 is 0 Å². The molecule has 0 radical (unpaired) electrons. The lowest BCUT2D eigenvalue weighted by Crippen LogP contribution is -2.23. The Hall–Kier alpha value is -2.73. The highest BCUT2D eigenvalue weighted by molar-refractivity contribution is 5.92. The first-order valence-corrected chi connectivity index (χ1v) is 8.46. The van der Waals surface area contributed by atoms with E-state index in [1.807, 2.05) is 19.1 Å². The molecule has 3 heterocycles. The fourth-order valence-electron chi connectivity index (χ4n) is 3.26. The Morgan fingerprint density at radius 1 is 1.20 bits per heavy atom. The molecule has 1 aliphatic heterocycles. The highest BCUT2D eigenvalue weighted by Crippen LogP contribution is 2.30. The molecule has 4 rings (SSSR count). The molecule has 2 aromatic heterocycles. The molecule has 0 unspecified atom stereocenters. The molecule has 0 spiro atoms. The summed E-state index contributed by atoms with van der Waals surface area (Å²) in [6.07, 6.45) is 4.87. The number of fused-ring (bicyclic) bond motifs is 1. The largest absolute Gasteiger partial charge is 0.380 e. The molecule has 3 aromatic rings. The fourth-order valence-corrected chi connectivity index (χ4v) is 3.26. The van der Waals surface area contributed by atoms with Gasteiger partial charge >= 0.3 is 0 Å². The van der Waals surface area contributed by atoms with Gasteiger partial charge in [-0.05, 0) is 43.7 Å². The number of anilines is 3. The normalized spacial score (nSPS) is 17.2. The number of hydrogen-bond donors (Lipinski definition) is 1. The van der Waals surface area contributed by atoms with Crippen LogP contribution in [0, 0.1) is 6.92 Å². The number of hydrogen-bond acceptors (Lipinski definition) is 6. The molecule has 25 heavy (non-hydrogen) atoms. The van der Waals surface area contributed by atoms with Crippen LogP contribution < -0.4 is 10.2 Å². The Morgan fingerprint density at radius 3 is 2.88 bits per heavy atom. The summed E-state index contributed by atoms with van der Waals surface area (Å²) in [5, 5.41) is 4.43. The number of ether oxygens (including phenoxy) is 1. The van der Waals surface area contributed by atoms with Crippen molar-refractivity contribution < 1.29 is 4.74 Å².